The summed E-state index contributed by atoms with van der Waals surface area (Å²) in [4.78, 5) is 54.6. The lowest BCUT2D eigenvalue weighted by Crippen LogP contribution is -2.51. The van der Waals surface area contributed by atoms with Crippen LogP contribution < -0.4 is 36.9 Å². The lowest BCUT2D eigenvalue weighted by Gasteiger charge is -2.25. The number of nitrogens with one attached hydrogen (secondary N) is 3. The van der Waals surface area contributed by atoms with Crippen LogP contribution in [-0.4, -0.2) is 55.0 Å². The number of rotatable bonds is 20. The van der Waals surface area contributed by atoms with Gasteiger partial charge in [0.15, 0.2) is 17.3 Å². The van der Waals surface area contributed by atoms with E-state index in [4.69, 9.17) is 20.9 Å². The maximum Gasteiger partial charge on any atom is 0.242 e. The van der Waals surface area contributed by atoms with E-state index < -0.39 is 30.0 Å². The summed E-state index contributed by atoms with van der Waals surface area (Å²) in [7, 11) is 0. The quantitative estimate of drug-likeness (QED) is 0.112. The lowest BCUT2D eigenvalue weighted by atomic mass is 9.88. The number of unbranched alkanes of at least 4 members (excludes halogenated alkanes) is 1. The first-order chi connectivity index (χ1) is 24.1. The molecule has 0 radical (unpaired) electrons. The Kier molecular flexibility index (Phi) is 14.8. The Hall–Kier alpha value is -4.74. The van der Waals surface area contributed by atoms with Crippen LogP contribution in [0.5, 0.6) is 11.5 Å². The van der Waals surface area contributed by atoms with Crippen molar-refractivity contribution in [2.75, 3.05) is 13.3 Å². The summed E-state index contributed by atoms with van der Waals surface area (Å²) >= 11 is 0. The van der Waals surface area contributed by atoms with Crippen LogP contribution in [0.4, 0.5) is 0 Å². The molecule has 268 valence electrons. The summed E-state index contributed by atoms with van der Waals surface area (Å²) < 4.78 is 10.8. The van der Waals surface area contributed by atoms with Crippen LogP contribution in [-0.2, 0) is 38.6 Å². The summed E-state index contributed by atoms with van der Waals surface area (Å²) in [6.45, 7) is 4.82. The largest absolute Gasteiger partial charge is 0.454 e. The number of nitrogens with two attached hydrogens (primary N) is 2. The van der Waals surface area contributed by atoms with Crippen LogP contribution in [0.15, 0.2) is 78.9 Å². The predicted molar refractivity (Wildman–Crippen MR) is 192 cm³/mol. The summed E-state index contributed by atoms with van der Waals surface area (Å²) in [5.74, 6) is -0.777. The van der Waals surface area contributed by atoms with E-state index in [2.05, 4.69) is 16.0 Å². The van der Waals surface area contributed by atoms with E-state index >= 15 is 0 Å². The van der Waals surface area contributed by atoms with Crippen LogP contribution in [0.3, 0.4) is 0 Å². The van der Waals surface area contributed by atoms with Crippen molar-refractivity contribution in [3.63, 3.8) is 0 Å². The first kappa shape index (κ1) is 38.1. The number of carbonyl (C=O) groups excluding carboxylic acids is 4. The standard InChI is InChI=1S/C39H51N5O6/c1-26(2)19-30(37(46)43-32(15-9-10-18-40)39(48)42-24-29-16-17-35-36(22-29)50-25-49-35)23-34(45)33(21-28-13-7-4-8-14-28)44-38(47)31(41)20-27-11-5-3-6-12-27/h3-8,11-14,16-17,22,26,30-33H,9-10,15,18-21,23-25,40-41H2,1-2H3,(H,42,48)(H,43,46)(H,44,47)/t30-,31+,32+,33+/m0/s1. The molecule has 0 aromatic heterocycles. The molecule has 1 heterocycles. The molecule has 0 saturated carbocycles. The number of carbonyl (C=O) groups is 4. The Morgan fingerprint density at radius 1 is 0.740 bits per heavy atom. The van der Waals surface area contributed by atoms with Gasteiger partial charge in [-0.05, 0) is 79.8 Å². The first-order valence-corrected chi connectivity index (χ1v) is 17.5. The van der Waals surface area contributed by atoms with Gasteiger partial charge in [0, 0.05) is 18.9 Å². The highest BCUT2D eigenvalue weighted by Gasteiger charge is 2.31. The second-order valence-corrected chi connectivity index (χ2v) is 13.3. The van der Waals surface area contributed by atoms with Gasteiger partial charge in [0.1, 0.15) is 6.04 Å². The van der Waals surface area contributed by atoms with Crippen molar-refractivity contribution in [1.29, 1.82) is 0 Å². The SMILES string of the molecule is CC(C)C[C@@H](CC(=O)[C@@H](Cc1ccccc1)NC(=O)[C@H](N)Cc1ccccc1)C(=O)N[C@H](CCCCN)C(=O)NCc1ccc2c(c1)OCO2. The summed E-state index contributed by atoms with van der Waals surface area (Å²) in [6, 6.07) is 21.8. The number of hydrogen-bond acceptors (Lipinski definition) is 8. The molecule has 3 amide bonds. The molecule has 3 aromatic carbocycles. The number of ether oxygens (including phenoxy) is 2. The Labute approximate surface area is 294 Å². The van der Waals surface area contributed by atoms with Gasteiger partial charge in [-0.15, -0.1) is 0 Å². The highest BCUT2D eigenvalue weighted by Crippen LogP contribution is 2.32. The van der Waals surface area contributed by atoms with Crippen LogP contribution in [0.2, 0.25) is 0 Å². The van der Waals surface area contributed by atoms with E-state index in [-0.39, 0.29) is 49.7 Å². The Bertz CT molecular complexity index is 1550. The minimum atomic E-state index is -0.889. The van der Waals surface area contributed by atoms with Gasteiger partial charge in [0.05, 0.1) is 12.1 Å². The third-order valence-electron chi connectivity index (χ3n) is 8.68. The molecular weight excluding hydrogens is 634 g/mol. The number of amides is 3. The van der Waals surface area contributed by atoms with Crippen molar-refractivity contribution in [2.45, 2.75) is 83.5 Å². The van der Waals surface area contributed by atoms with Crippen molar-refractivity contribution in [3.8, 4) is 11.5 Å². The van der Waals surface area contributed by atoms with Gasteiger partial charge in [0.2, 0.25) is 24.5 Å². The molecule has 4 rings (SSSR count). The van der Waals surface area contributed by atoms with Crippen LogP contribution in [0.1, 0.15) is 62.6 Å². The predicted octanol–water partition coefficient (Wildman–Crippen LogP) is 3.56. The summed E-state index contributed by atoms with van der Waals surface area (Å²) in [5, 5.41) is 8.76. The number of hydrogen-bond donors (Lipinski definition) is 5. The Balaban J connectivity index is 1.45. The number of ketones is 1. The van der Waals surface area contributed by atoms with Crippen LogP contribution in [0.25, 0.3) is 0 Å². The molecule has 0 unspecified atom stereocenters. The molecule has 0 saturated heterocycles. The molecular formula is C39H51N5O6. The van der Waals surface area contributed by atoms with Gasteiger partial charge in [0.25, 0.3) is 0 Å². The zero-order chi connectivity index (χ0) is 35.9. The second kappa shape index (κ2) is 19.4. The van der Waals surface area contributed by atoms with Crippen LogP contribution in [0, 0.1) is 11.8 Å². The normalized spacial score (nSPS) is 14.3. The topological polar surface area (TPSA) is 175 Å². The molecule has 1 aliphatic heterocycles. The fourth-order valence-corrected chi connectivity index (χ4v) is 5.99. The third-order valence-corrected chi connectivity index (χ3v) is 8.68. The number of benzene rings is 3. The van der Waals surface area contributed by atoms with Gasteiger partial charge in [-0.1, -0.05) is 80.6 Å². The van der Waals surface area contributed by atoms with Gasteiger partial charge in [-0.25, -0.2) is 0 Å². The monoisotopic (exact) mass is 685 g/mol. The fraction of sp³-hybridized carbons (Fsp3) is 0.436. The highest BCUT2D eigenvalue weighted by atomic mass is 16.7. The van der Waals surface area contributed by atoms with Gasteiger partial charge in [-0.2, -0.15) is 0 Å². The Morgan fingerprint density at radius 3 is 2.04 bits per heavy atom. The van der Waals surface area contributed by atoms with Crippen molar-refractivity contribution < 1.29 is 28.7 Å². The highest BCUT2D eigenvalue weighted by molar-refractivity contribution is 5.95. The van der Waals surface area contributed by atoms with E-state index in [0.717, 1.165) is 16.7 Å². The van der Waals surface area contributed by atoms with E-state index in [9.17, 15) is 19.2 Å². The molecule has 11 heteroatoms. The fourth-order valence-electron chi connectivity index (χ4n) is 5.99. The van der Waals surface area contributed by atoms with Crippen molar-refractivity contribution in [2.24, 2.45) is 23.3 Å². The van der Waals surface area contributed by atoms with E-state index in [1.54, 1.807) is 6.07 Å². The zero-order valence-electron chi connectivity index (χ0n) is 29.1. The lowest BCUT2D eigenvalue weighted by molar-refractivity contribution is -0.134. The van der Waals surface area contributed by atoms with Crippen molar-refractivity contribution >= 4 is 23.5 Å². The number of fused-ring (bicyclic) bond motifs is 1. The molecule has 50 heavy (non-hydrogen) atoms. The van der Waals surface area contributed by atoms with E-state index in [0.29, 0.717) is 50.1 Å². The van der Waals surface area contributed by atoms with Gasteiger partial charge < -0.3 is 36.9 Å². The molecule has 3 aromatic rings. The van der Waals surface area contributed by atoms with Gasteiger partial charge in [-0.3, -0.25) is 19.2 Å². The maximum absolute atomic E-state index is 14.0. The summed E-state index contributed by atoms with van der Waals surface area (Å²) in [6.07, 6.45) is 2.62. The number of Topliss-reactive ketones (excluding diaryl/α,β-unsaturated/α-hetero) is 1. The van der Waals surface area contributed by atoms with Gasteiger partial charge >= 0.3 is 0 Å². The minimum Gasteiger partial charge on any atom is -0.454 e. The molecule has 4 atom stereocenters. The van der Waals surface area contributed by atoms with E-state index in [1.165, 1.54) is 0 Å². The molecule has 11 nitrogen and oxygen atoms in total. The molecule has 7 N–H and O–H groups in total. The second-order valence-electron chi connectivity index (χ2n) is 13.3. The molecule has 0 fully saturated rings. The smallest absolute Gasteiger partial charge is 0.242 e. The van der Waals surface area contributed by atoms with E-state index in [1.807, 2.05) is 86.6 Å². The third kappa shape index (κ3) is 12.0. The molecule has 0 spiro atoms. The first-order valence-electron chi connectivity index (χ1n) is 17.5. The average molecular weight is 686 g/mol. The summed E-state index contributed by atoms with van der Waals surface area (Å²) in [5.41, 5.74) is 14.6. The maximum atomic E-state index is 14.0. The minimum absolute atomic E-state index is 0.0931. The zero-order valence-corrected chi connectivity index (χ0v) is 29.1. The average Bonchev–Trinajstić information content (AvgIpc) is 3.58. The van der Waals surface area contributed by atoms with Crippen molar-refractivity contribution in [3.05, 3.63) is 95.6 Å². The Morgan fingerprint density at radius 2 is 1.38 bits per heavy atom. The molecule has 1 aliphatic rings. The molecule has 0 bridgehead atoms. The van der Waals surface area contributed by atoms with Crippen molar-refractivity contribution in [1.82, 2.24) is 16.0 Å². The molecule has 0 aliphatic carbocycles. The van der Waals surface area contributed by atoms with Crippen LogP contribution >= 0.6 is 0 Å².